The van der Waals surface area contributed by atoms with E-state index in [9.17, 15) is 23.6 Å². The zero-order valence-electron chi connectivity index (χ0n) is 19.1. The first-order valence-electron chi connectivity index (χ1n) is 11.0. The molecule has 0 radical (unpaired) electrons. The minimum Gasteiger partial charge on any atom is -0.466 e. The molecule has 2 heterocycles. The predicted octanol–water partition coefficient (Wildman–Crippen LogP) is 2.34. The molecule has 11 heteroatoms. The molecule has 1 aliphatic rings. The van der Waals surface area contributed by atoms with E-state index in [1.807, 2.05) is 0 Å². The number of thiazole rings is 1. The Kier molecular flexibility index (Phi) is 8.69. The molecule has 182 valence electrons. The van der Waals surface area contributed by atoms with Crippen molar-refractivity contribution < 1.29 is 28.3 Å². The number of nitrogens with one attached hydrogen (secondary N) is 1. The number of rotatable bonds is 8. The zero-order chi connectivity index (χ0) is 24.7. The summed E-state index contributed by atoms with van der Waals surface area (Å²) in [6.07, 6.45) is 1.05. The number of benzene rings is 1. The molecule has 1 aliphatic heterocycles. The molecule has 0 unspecified atom stereocenters. The first kappa shape index (κ1) is 25.3. The number of carbonyl (C=O) groups excluding carboxylic acids is 4. The van der Waals surface area contributed by atoms with Gasteiger partial charge in [-0.2, -0.15) is 0 Å². The van der Waals surface area contributed by atoms with E-state index >= 15 is 0 Å². The molecular weight excluding hydrogens is 463 g/mol. The smallest absolute Gasteiger partial charge is 0.309 e. The number of aromatic nitrogens is 1. The molecule has 1 fully saturated rings. The number of hydrogen-bond acceptors (Lipinski definition) is 7. The molecule has 0 atom stereocenters. The van der Waals surface area contributed by atoms with Crippen molar-refractivity contribution in [2.24, 2.45) is 5.92 Å². The van der Waals surface area contributed by atoms with Gasteiger partial charge in [0.05, 0.1) is 36.7 Å². The summed E-state index contributed by atoms with van der Waals surface area (Å²) in [5, 5.41) is 4.41. The molecule has 1 aromatic carbocycles. The highest BCUT2D eigenvalue weighted by Crippen LogP contribution is 2.20. The average molecular weight is 491 g/mol. The lowest BCUT2D eigenvalue weighted by molar-refractivity contribution is -0.151. The number of hydrogen-bond donors (Lipinski definition) is 1. The van der Waals surface area contributed by atoms with Gasteiger partial charge in [-0.05, 0) is 31.9 Å². The summed E-state index contributed by atoms with van der Waals surface area (Å²) in [5.74, 6) is -2.17. The first-order valence-corrected chi connectivity index (χ1v) is 11.8. The van der Waals surface area contributed by atoms with Gasteiger partial charge in [0.1, 0.15) is 5.82 Å². The van der Waals surface area contributed by atoms with Crippen LogP contribution in [0.3, 0.4) is 0 Å². The van der Waals surface area contributed by atoms with Crippen LogP contribution in [0.25, 0.3) is 0 Å². The van der Waals surface area contributed by atoms with E-state index in [4.69, 9.17) is 4.74 Å². The van der Waals surface area contributed by atoms with E-state index in [0.29, 0.717) is 38.2 Å². The molecule has 34 heavy (non-hydrogen) atoms. The van der Waals surface area contributed by atoms with E-state index in [2.05, 4.69) is 10.3 Å². The molecule has 3 amide bonds. The van der Waals surface area contributed by atoms with Crippen LogP contribution in [0, 0.1) is 11.7 Å². The summed E-state index contributed by atoms with van der Waals surface area (Å²) in [5.41, 5.74) is 0.341. The van der Waals surface area contributed by atoms with Gasteiger partial charge in [-0.1, -0.05) is 12.1 Å². The summed E-state index contributed by atoms with van der Waals surface area (Å²) >= 11 is 1.13. The van der Waals surface area contributed by atoms with Crippen LogP contribution in [0.4, 0.5) is 9.52 Å². The van der Waals surface area contributed by atoms with Crippen LogP contribution in [-0.2, 0) is 25.5 Å². The Balaban J connectivity index is 1.46. The van der Waals surface area contributed by atoms with Crippen LogP contribution < -0.4 is 5.32 Å². The van der Waals surface area contributed by atoms with Crippen molar-refractivity contribution in [3.8, 4) is 0 Å². The van der Waals surface area contributed by atoms with Crippen LogP contribution in [0.2, 0.25) is 0 Å². The average Bonchev–Trinajstić information content (AvgIpc) is 3.25. The first-order chi connectivity index (χ1) is 16.3. The van der Waals surface area contributed by atoms with Crippen molar-refractivity contribution in [3.63, 3.8) is 0 Å². The van der Waals surface area contributed by atoms with Gasteiger partial charge in [0.2, 0.25) is 11.8 Å². The van der Waals surface area contributed by atoms with Crippen LogP contribution in [0.5, 0.6) is 0 Å². The number of piperidine rings is 1. The largest absolute Gasteiger partial charge is 0.466 e. The molecule has 2 aromatic rings. The lowest BCUT2D eigenvalue weighted by atomic mass is 9.97. The number of anilines is 1. The van der Waals surface area contributed by atoms with Gasteiger partial charge in [-0.25, -0.2) is 9.37 Å². The second kappa shape index (κ2) is 11.7. The molecule has 0 aliphatic carbocycles. The van der Waals surface area contributed by atoms with Crippen LogP contribution in [0.1, 0.15) is 35.8 Å². The Labute approximate surface area is 200 Å². The van der Waals surface area contributed by atoms with E-state index in [-0.39, 0.29) is 47.4 Å². The van der Waals surface area contributed by atoms with E-state index in [1.54, 1.807) is 30.3 Å². The Hall–Kier alpha value is -3.34. The van der Waals surface area contributed by atoms with Gasteiger partial charge in [-0.15, -0.1) is 11.3 Å². The standard InChI is InChI=1S/C23H27FN4O5S/c1-3-33-22(32)15-8-10-28(11-9-15)20(30)13-27(2)19(29)12-16-14-34-23(25-16)26-21(31)17-6-4-5-7-18(17)24/h4-7,14-15H,3,8-13H2,1-2H3,(H,25,26,31). The van der Waals surface area contributed by atoms with E-state index in [0.717, 1.165) is 11.3 Å². The number of likely N-dealkylation sites (N-methyl/N-ethyl adjacent to an activating group) is 1. The zero-order valence-corrected chi connectivity index (χ0v) is 19.9. The lowest BCUT2D eigenvalue weighted by Gasteiger charge is -2.32. The van der Waals surface area contributed by atoms with Crippen LogP contribution in [0.15, 0.2) is 29.6 Å². The number of esters is 1. The number of halogens is 1. The third-order valence-corrected chi connectivity index (χ3v) is 6.30. The van der Waals surface area contributed by atoms with Gasteiger partial charge in [0, 0.05) is 25.5 Å². The fourth-order valence-corrected chi connectivity index (χ4v) is 4.27. The minimum absolute atomic E-state index is 0.0409. The Morgan fingerprint density at radius 3 is 2.62 bits per heavy atom. The normalized spacial score (nSPS) is 13.9. The fourth-order valence-electron chi connectivity index (χ4n) is 3.56. The van der Waals surface area contributed by atoms with Gasteiger partial charge in [-0.3, -0.25) is 24.5 Å². The molecule has 1 N–H and O–H groups in total. The number of ether oxygens (including phenoxy) is 1. The predicted molar refractivity (Wildman–Crippen MR) is 124 cm³/mol. The third kappa shape index (κ3) is 6.60. The van der Waals surface area contributed by atoms with E-state index in [1.165, 1.54) is 23.1 Å². The van der Waals surface area contributed by atoms with Crippen molar-refractivity contribution >= 4 is 40.2 Å². The summed E-state index contributed by atoms with van der Waals surface area (Å²) in [6.45, 7) is 2.91. The third-order valence-electron chi connectivity index (χ3n) is 5.49. The number of amides is 3. The monoisotopic (exact) mass is 490 g/mol. The maximum Gasteiger partial charge on any atom is 0.309 e. The second-order valence-electron chi connectivity index (χ2n) is 7.91. The molecule has 1 aromatic heterocycles. The second-order valence-corrected chi connectivity index (χ2v) is 8.77. The van der Waals surface area contributed by atoms with Crippen LogP contribution >= 0.6 is 11.3 Å². The Morgan fingerprint density at radius 2 is 1.94 bits per heavy atom. The van der Waals surface area contributed by atoms with Crippen molar-refractivity contribution in [1.29, 1.82) is 0 Å². The molecule has 1 saturated heterocycles. The highest BCUT2D eigenvalue weighted by Gasteiger charge is 2.29. The quantitative estimate of drug-likeness (QED) is 0.569. The summed E-state index contributed by atoms with van der Waals surface area (Å²) < 4.78 is 18.8. The van der Waals surface area contributed by atoms with Gasteiger partial charge < -0.3 is 14.5 Å². The molecule has 9 nitrogen and oxygen atoms in total. The number of carbonyl (C=O) groups is 4. The summed E-state index contributed by atoms with van der Waals surface area (Å²) in [7, 11) is 1.54. The topological polar surface area (TPSA) is 109 Å². The van der Waals surface area contributed by atoms with Crippen molar-refractivity contribution in [2.75, 3.05) is 38.6 Å². The Morgan fingerprint density at radius 1 is 1.24 bits per heavy atom. The van der Waals surface area contributed by atoms with Crippen LogP contribution in [-0.4, -0.2) is 71.8 Å². The van der Waals surface area contributed by atoms with E-state index < -0.39 is 11.7 Å². The highest BCUT2D eigenvalue weighted by molar-refractivity contribution is 7.14. The van der Waals surface area contributed by atoms with Gasteiger partial charge in [0.15, 0.2) is 5.13 Å². The van der Waals surface area contributed by atoms with Gasteiger partial charge in [0.25, 0.3) is 5.91 Å². The van der Waals surface area contributed by atoms with Gasteiger partial charge >= 0.3 is 5.97 Å². The van der Waals surface area contributed by atoms with Crippen molar-refractivity contribution in [3.05, 3.63) is 46.7 Å². The molecule has 0 saturated carbocycles. The molecule has 0 spiro atoms. The lowest BCUT2D eigenvalue weighted by Crippen LogP contribution is -2.46. The maximum absolute atomic E-state index is 13.8. The fraction of sp³-hybridized carbons (Fsp3) is 0.435. The molecule has 3 rings (SSSR count). The molecule has 0 bridgehead atoms. The highest BCUT2D eigenvalue weighted by atomic mass is 32.1. The molecular formula is C23H27FN4O5S. The number of likely N-dealkylation sites (tertiary alicyclic amines) is 1. The minimum atomic E-state index is -0.636. The van der Waals surface area contributed by atoms with Crippen molar-refractivity contribution in [2.45, 2.75) is 26.2 Å². The maximum atomic E-state index is 13.8. The SMILES string of the molecule is CCOC(=O)C1CCN(C(=O)CN(C)C(=O)Cc2csc(NC(=O)c3ccccc3F)n2)CC1. The van der Waals surface area contributed by atoms with Crippen molar-refractivity contribution in [1.82, 2.24) is 14.8 Å². The summed E-state index contributed by atoms with van der Waals surface area (Å²) in [6, 6.07) is 5.62. The Bertz CT molecular complexity index is 1050. The summed E-state index contributed by atoms with van der Waals surface area (Å²) in [4.78, 5) is 56.4. The number of nitrogens with zero attached hydrogens (tertiary/aromatic N) is 3.